The monoisotopic (exact) mass is 268 g/mol. The zero-order valence-corrected chi connectivity index (χ0v) is 12.4. The van der Waals surface area contributed by atoms with Gasteiger partial charge in [0.1, 0.15) is 0 Å². The Hall–Kier alpha value is -0.806. The van der Waals surface area contributed by atoms with Crippen molar-refractivity contribution in [2.75, 3.05) is 28.2 Å². The second-order valence-corrected chi connectivity index (χ2v) is 11.2. The topological polar surface area (TPSA) is 38.1 Å². The van der Waals surface area contributed by atoms with E-state index in [1.54, 1.807) is 0 Å². The van der Waals surface area contributed by atoms with E-state index in [9.17, 15) is 0 Å². The molecule has 0 unspecified atom stereocenters. The van der Waals surface area contributed by atoms with Crippen LogP contribution >= 0.6 is 0 Å². The second-order valence-electron chi connectivity index (χ2n) is 4.63. The van der Waals surface area contributed by atoms with Gasteiger partial charge in [0.25, 0.3) is 0 Å². The molecule has 2 heterocycles. The number of hydrogen-bond donors (Lipinski definition) is 2. The second kappa shape index (κ2) is 4.82. The molecule has 0 aromatic carbocycles. The molecule has 0 bridgehead atoms. The van der Waals surface area contributed by atoms with Crippen molar-refractivity contribution in [1.29, 1.82) is 0 Å². The molecule has 0 aliphatic carbocycles. The normalized spacial score (nSPS) is 12.6. The Morgan fingerprint density at radius 3 is 1.47 bits per heavy atom. The van der Waals surface area contributed by atoms with Gasteiger partial charge in [-0.1, -0.05) is 0 Å². The number of aromatic nitrogens is 2. The number of hydrogen-bond acceptors (Lipinski definition) is 2. The van der Waals surface area contributed by atoms with Crippen LogP contribution in [0.4, 0.5) is 0 Å². The Morgan fingerprint density at radius 1 is 0.824 bits per heavy atom. The van der Waals surface area contributed by atoms with Gasteiger partial charge in [-0.15, -0.1) is 0 Å². The van der Waals surface area contributed by atoms with Crippen molar-refractivity contribution in [3.8, 4) is 0 Å². The Morgan fingerprint density at radius 2 is 1.24 bits per heavy atom. The molecule has 2 aromatic rings. The molecule has 2 aromatic heterocycles. The van der Waals surface area contributed by atoms with Crippen molar-refractivity contribution >= 4 is 8.00 Å². The van der Waals surface area contributed by atoms with E-state index in [-0.39, 0.29) is 0 Å². The molecular formula is C12H20N4Ti. The molecule has 2 N–H and O–H groups in total. The van der Waals surface area contributed by atoms with Gasteiger partial charge in [-0.25, -0.2) is 0 Å². The van der Waals surface area contributed by atoms with E-state index in [1.165, 1.54) is 8.00 Å². The molecule has 0 fully saturated rings. The van der Waals surface area contributed by atoms with Crippen molar-refractivity contribution in [1.82, 2.24) is 16.7 Å². The summed E-state index contributed by atoms with van der Waals surface area (Å²) >= 11 is -2.65. The van der Waals surface area contributed by atoms with E-state index >= 15 is 0 Å². The Bertz CT molecular complexity index is 401. The third kappa shape index (κ3) is 1.91. The Labute approximate surface area is 107 Å². The van der Waals surface area contributed by atoms with Crippen LogP contribution in [0.2, 0.25) is 0 Å². The third-order valence-electron chi connectivity index (χ3n) is 3.24. The third-order valence-corrected chi connectivity index (χ3v) is 10.6. The number of nitrogens with zero attached hydrogens (tertiary/aromatic N) is 2. The molecule has 0 radical (unpaired) electrons. The molecule has 5 heteroatoms. The van der Waals surface area contributed by atoms with E-state index in [1.807, 2.05) is 12.4 Å². The average Bonchev–Trinajstić information content (AvgIpc) is 2.88. The van der Waals surface area contributed by atoms with Gasteiger partial charge in [-0.3, -0.25) is 0 Å². The van der Waals surface area contributed by atoms with Gasteiger partial charge in [0.05, 0.1) is 0 Å². The summed E-state index contributed by atoms with van der Waals surface area (Å²) in [5.41, 5.74) is 0. The van der Waals surface area contributed by atoms with Gasteiger partial charge in [0, 0.05) is 0 Å². The van der Waals surface area contributed by atoms with Crippen molar-refractivity contribution in [3.63, 3.8) is 0 Å². The van der Waals surface area contributed by atoms with Crippen LogP contribution in [-0.4, -0.2) is 44.9 Å². The van der Waals surface area contributed by atoms with E-state index in [0.29, 0.717) is 0 Å². The SMILES string of the molecule is C[N](C)[Ti]([c]1ccc[nH]1)([c]1ccc[nH]1)[N](C)C. The first kappa shape index (κ1) is 12.6. The predicted octanol–water partition coefficient (Wildman–Crippen LogP) is 0.401. The summed E-state index contributed by atoms with van der Waals surface area (Å²) in [4.78, 5) is 6.82. The maximum atomic E-state index is 3.41. The van der Waals surface area contributed by atoms with E-state index in [2.05, 4.69) is 69.2 Å². The van der Waals surface area contributed by atoms with Crippen LogP contribution in [0.5, 0.6) is 0 Å². The van der Waals surface area contributed by atoms with Crippen LogP contribution in [0.25, 0.3) is 0 Å². The molecule has 2 rings (SSSR count). The first-order valence-electron chi connectivity index (χ1n) is 5.72. The van der Waals surface area contributed by atoms with Crippen LogP contribution < -0.4 is 8.00 Å². The Kier molecular flexibility index (Phi) is 3.59. The molecular weight excluding hydrogens is 248 g/mol. The predicted molar refractivity (Wildman–Crippen MR) is 68.2 cm³/mol. The van der Waals surface area contributed by atoms with Gasteiger partial charge in [0.2, 0.25) is 0 Å². The zero-order chi connectivity index (χ0) is 12.5. The van der Waals surface area contributed by atoms with Crippen LogP contribution in [0, 0.1) is 0 Å². The van der Waals surface area contributed by atoms with E-state index in [0.717, 1.165) is 0 Å². The fraction of sp³-hybridized carbons (Fsp3) is 0.333. The maximum absolute atomic E-state index is 3.41. The van der Waals surface area contributed by atoms with Crippen molar-refractivity contribution < 1.29 is 17.1 Å². The summed E-state index contributed by atoms with van der Waals surface area (Å²) in [5, 5.41) is 0. The first-order chi connectivity index (χ1) is 8.10. The van der Waals surface area contributed by atoms with Crippen molar-refractivity contribution in [2.24, 2.45) is 0 Å². The van der Waals surface area contributed by atoms with Gasteiger partial charge < -0.3 is 0 Å². The van der Waals surface area contributed by atoms with Crippen LogP contribution in [0.15, 0.2) is 36.7 Å². The molecule has 4 nitrogen and oxygen atoms in total. The van der Waals surface area contributed by atoms with Gasteiger partial charge in [0.15, 0.2) is 0 Å². The fourth-order valence-electron chi connectivity index (χ4n) is 2.60. The van der Waals surface area contributed by atoms with Gasteiger partial charge in [-0.2, -0.15) is 0 Å². The molecule has 17 heavy (non-hydrogen) atoms. The van der Waals surface area contributed by atoms with Gasteiger partial charge >= 0.3 is 107 Å². The van der Waals surface area contributed by atoms with E-state index < -0.39 is 17.1 Å². The Balaban J connectivity index is 2.64. The summed E-state index contributed by atoms with van der Waals surface area (Å²) in [6.07, 6.45) is 4.01. The summed E-state index contributed by atoms with van der Waals surface area (Å²) in [5.74, 6) is 0. The number of aromatic amines is 2. The molecule has 92 valence electrons. The number of nitrogens with one attached hydrogen (secondary N) is 2. The van der Waals surface area contributed by atoms with Crippen molar-refractivity contribution in [2.45, 2.75) is 0 Å². The molecule has 0 saturated carbocycles. The summed E-state index contributed by atoms with van der Waals surface area (Å²) in [6.45, 7) is 0. The standard InChI is InChI=1S/2C4H4N.2C2H6N.Ti/c2*1-2-4-5-3-1;2*1-3-2;/h2*1-3,5H;2*1-2H3;/q;;2*-1;+2. The summed E-state index contributed by atoms with van der Waals surface area (Å²) in [6, 6.07) is 8.54. The quantitative estimate of drug-likeness (QED) is 0.788. The number of rotatable bonds is 4. The van der Waals surface area contributed by atoms with Crippen molar-refractivity contribution in [3.05, 3.63) is 36.7 Å². The van der Waals surface area contributed by atoms with Crippen LogP contribution in [0.3, 0.4) is 0 Å². The average molecular weight is 268 g/mol. The van der Waals surface area contributed by atoms with Gasteiger partial charge in [-0.05, 0) is 0 Å². The minimum absolute atomic E-state index is 1.34. The van der Waals surface area contributed by atoms with Crippen LogP contribution in [-0.2, 0) is 17.1 Å². The molecule has 0 amide bonds. The molecule has 0 aliphatic rings. The first-order valence-corrected chi connectivity index (χ1v) is 8.68. The van der Waals surface area contributed by atoms with Crippen LogP contribution in [0.1, 0.15) is 0 Å². The molecule has 0 aliphatic heterocycles. The molecule has 0 atom stereocenters. The summed E-state index contributed by atoms with van der Waals surface area (Å²) in [7, 11) is 8.67. The number of H-pyrrole nitrogens is 2. The fourth-order valence-corrected chi connectivity index (χ4v) is 9.23. The zero-order valence-electron chi connectivity index (χ0n) is 10.9. The molecule has 0 spiro atoms. The van der Waals surface area contributed by atoms with E-state index in [4.69, 9.17) is 0 Å². The molecule has 0 saturated heterocycles. The minimum atomic E-state index is -2.65. The summed E-state index contributed by atoms with van der Waals surface area (Å²) < 4.78 is 7.44.